The number of rotatable bonds is 7. The fourth-order valence-corrected chi connectivity index (χ4v) is 4.09. The molecule has 1 N–H and O–H groups in total. The van der Waals surface area contributed by atoms with Crippen LogP contribution in [0.3, 0.4) is 0 Å². The molecule has 198 valence electrons. The van der Waals surface area contributed by atoms with Gasteiger partial charge in [-0.1, -0.05) is 45.0 Å². The lowest BCUT2D eigenvalue weighted by molar-refractivity contribution is 0.155. The molecule has 0 aliphatic carbocycles. The molecule has 4 aromatic rings. The van der Waals surface area contributed by atoms with Crippen LogP contribution in [0.25, 0.3) is 10.9 Å². The number of carbonyl (C=O) groups is 1. The van der Waals surface area contributed by atoms with Crippen LogP contribution < -0.4 is 19.5 Å². The van der Waals surface area contributed by atoms with Gasteiger partial charge in [0.15, 0.2) is 11.5 Å². The van der Waals surface area contributed by atoms with Crippen LogP contribution in [0.5, 0.6) is 23.0 Å². The first-order valence-corrected chi connectivity index (χ1v) is 12.4. The largest absolute Gasteiger partial charge is 0.493 e. The number of aryl methyl sites for hydroxylation is 2. The van der Waals surface area contributed by atoms with E-state index in [1.165, 1.54) is 5.56 Å². The topological polar surface area (TPSA) is 78.9 Å². The number of pyridine rings is 1. The number of amides is 1. The van der Waals surface area contributed by atoms with Crippen LogP contribution >= 0.6 is 0 Å². The first-order valence-electron chi connectivity index (χ1n) is 12.4. The van der Waals surface area contributed by atoms with Gasteiger partial charge in [0.05, 0.1) is 19.7 Å². The van der Waals surface area contributed by atoms with E-state index in [0.29, 0.717) is 28.7 Å². The minimum Gasteiger partial charge on any atom is -0.493 e. The molecule has 38 heavy (non-hydrogen) atoms. The van der Waals surface area contributed by atoms with Crippen LogP contribution in [0, 0.1) is 13.8 Å². The number of hydrogen-bond donors (Lipinski definition) is 1. The molecule has 4 rings (SSSR count). The first-order chi connectivity index (χ1) is 18.1. The number of fused-ring (bicyclic) bond motifs is 1. The molecule has 1 heterocycles. The van der Waals surface area contributed by atoms with Crippen molar-refractivity contribution in [1.82, 2.24) is 4.98 Å². The molecular formula is C31H34N2O5. The SMILES string of the molecule is COc1cc2nccc(Oc3cc(C)c(NC(=O)OCc4ccc(C(C)(C)C)cc4)cc3C)c2cc1OC. The van der Waals surface area contributed by atoms with Gasteiger partial charge in [-0.2, -0.15) is 0 Å². The maximum atomic E-state index is 12.5. The summed E-state index contributed by atoms with van der Waals surface area (Å²) in [6.45, 7) is 10.5. The summed E-state index contributed by atoms with van der Waals surface area (Å²) >= 11 is 0. The summed E-state index contributed by atoms with van der Waals surface area (Å²) in [5, 5.41) is 3.64. The van der Waals surface area contributed by atoms with Crippen molar-refractivity contribution in [1.29, 1.82) is 0 Å². The third-order valence-corrected chi connectivity index (χ3v) is 6.38. The second-order valence-corrected chi connectivity index (χ2v) is 10.2. The molecule has 0 bridgehead atoms. The van der Waals surface area contributed by atoms with E-state index < -0.39 is 6.09 Å². The average molecular weight is 515 g/mol. The normalized spacial score (nSPS) is 11.2. The Labute approximate surface area is 223 Å². The van der Waals surface area contributed by atoms with Crippen molar-refractivity contribution in [3.63, 3.8) is 0 Å². The molecule has 7 heteroatoms. The standard InChI is InChI=1S/C31H34N2O5/c1-19-15-27(38-26-12-13-32-25-17-29(36-7)28(35-6)16-23(25)26)20(2)14-24(19)33-30(34)37-18-21-8-10-22(11-9-21)31(3,4)5/h8-17H,18H2,1-7H3,(H,33,34). The van der Waals surface area contributed by atoms with Crippen molar-refractivity contribution in [2.45, 2.75) is 46.6 Å². The zero-order valence-electron chi connectivity index (χ0n) is 23.0. The summed E-state index contributed by atoms with van der Waals surface area (Å²) in [6, 6.07) is 17.4. The van der Waals surface area contributed by atoms with Crippen LogP contribution in [0.2, 0.25) is 0 Å². The Balaban J connectivity index is 1.46. The second-order valence-electron chi connectivity index (χ2n) is 10.2. The van der Waals surface area contributed by atoms with Crippen molar-refractivity contribution in [2.75, 3.05) is 19.5 Å². The number of methoxy groups -OCH3 is 2. The van der Waals surface area contributed by atoms with Gasteiger partial charge in [0, 0.05) is 23.3 Å². The highest BCUT2D eigenvalue weighted by atomic mass is 16.5. The maximum Gasteiger partial charge on any atom is 0.411 e. The number of benzene rings is 3. The van der Waals surface area contributed by atoms with Crippen molar-refractivity contribution < 1.29 is 23.7 Å². The van der Waals surface area contributed by atoms with Crippen LogP contribution in [0.1, 0.15) is 43.0 Å². The lowest BCUT2D eigenvalue weighted by Crippen LogP contribution is -2.15. The molecule has 0 unspecified atom stereocenters. The van der Waals surface area contributed by atoms with Gasteiger partial charge in [-0.15, -0.1) is 0 Å². The van der Waals surface area contributed by atoms with Gasteiger partial charge in [0.1, 0.15) is 18.1 Å². The Morgan fingerprint density at radius 3 is 2.18 bits per heavy atom. The third kappa shape index (κ3) is 5.99. The zero-order chi connectivity index (χ0) is 27.4. The van der Waals surface area contributed by atoms with E-state index in [9.17, 15) is 4.79 Å². The highest BCUT2D eigenvalue weighted by molar-refractivity contribution is 5.89. The highest BCUT2D eigenvalue weighted by Crippen LogP contribution is 2.38. The summed E-state index contributed by atoms with van der Waals surface area (Å²) in [5.41, 5.74) is 5.33. The summed E-state index contributed by atoms with van der Waals surface area (Å²) in [5.74, 6) is 2.49. The Bertz CT molecular complexity index is 1460. The van der Waals surface area contributed by atoms with Crippen LogP contribution in [0.15, 0.2) is 60.8 Å². The van der Waals surface area contributed by atoms with Gasteiger partial charge in [0.2, 0.25) is 0 Å². The molecule has 3 aromatic carbocycles. The summed E-state index contributed by atoms with van der Waals surface area (Å²) in [7, 11) is 3.18. The number of nitrogens with zero attached hydrogens (tertiary/aromatic N) is 1. The molecule has 0 fully saturated rings. The van der Waals surface area contributed by atoms with E-state index in [0.717, 1.165) is 27.6 Å². The number of carbonyl (C=O) groups excluding carboxylic acids is 1. The van der Waals surface area contributed by atoms with Crippen LogP contribution in [0.4, 0.5) is 10.5 Å². The number of hydrogen-bond acceptors (Lipinski definition) is 6. The lowest BCUT2D eigenvalue weighted by atomic mass is 9.87. The molecule has 0 spiro atoms. The Morgan fingerprint density at radius 2 is 1.53 bits per heavy atom. The molecule has 1 aromatic heterocycles. The van der Waals surface area contributed by atoms with Crippen LogP contribution in [-0.4, -0.2) is 25.3 Å². The number of anilines is 1. The minimum absolute atomic E-state index is 0.0763. The average Bonchev–Trinajstić information content (AvgIpc) is 2.89. The molecule has 0 aliphatic heterocycles. The van der Waals surface area contributed by atoms with Crippen molar-refractivity contribution in [3.05, 3.63) is 83.0 Å². The smallest absolute Gasteiger partial charge is 0.411 e. The maximum absolute atomic E-state index is 12.5. The summed E-state index contributed by atoms with van der Waals surface area (Å²) in [4.78, 5) is 16.9. The molecule has 0 saturated heterocycles. The molecule has 0 saturated carbocycles. The van der Waals surface area contributed by atoms with Crippen LogP contribution in [-0.2, 0) is 16.8 Å². The quantitative estimate of drug-likeness (QED) is 0.272. The fraction of sp³-hybridized carbons (Fsp3) is 0.290. The fourth-order valence-electron chi connectivity index (χ4n) is 4.09. The summed E-state index contributed by atoms with van der Waals surface area (Å²) in [6.07, 6.45) is 1.18. The minimum atomic E-state index is -0.512. The Hall–Kier alpha value is -4.26. The first kappa shape index (κ1) is 26.8. The van der Waals surface area contributed by atoms with Gasteiger partial charge in [0.25, 0.3) is 0 Å². The van der Waals surface area contributed by atoms with E-state index >= 15 is 0 Å². The van der Waals surface area contributed by atoms with Gasteiger partial charge < -0.3 is 18.9 Å². The van der Waals surface area contributed by atoms with E-state index in [1.54, 1.807) is 26.5 Å². The number of ether oxygens (including phenoxy) is 4. The third-order valence-electron chi connectivity index (χ3n) is 6.38. The Morgan fingerprint density at radius 1 is 0.842 bits per heavy atom. The second kappa shape index (κ2) is 11.0. The van der Waals surface area contributed by atoms with E-state index in [-0.39, 0.29) is 12.0 Å². The van der Waals surface area contributed by atoms with Gasteiger partial charge in [-0.05, 0) is 65.8 Å². The van der Waals surface area contributed by atoms with Crippen molar-refractivity contribution >= 4 is 22.7 Å². The van der Waals surface area contributed by atoms with Gasteiger partial charge in [-0.25, -0.2) is 4.79 Å². The molecule has 0 aliphatic rings. The predicted molar refractivity (Wildman–Crippen MR) is 150 cm³/mol. The lowest BCUT2D eigenvalue weighted by Gasteiger charge is -2.19. The molecule has 7 nitrogen and oxygen atoms in total. The Kier molecular flexibility index (Phi) is 7.76. The highest BCUT2D eigenvalue weighted by Gasteiger charge is 2.15. The molecule has 0 atom stereocenters. The summed E-state index contributed by atoms with van der Waals surface area (Å²) < 4.78 is 22.6. The molecule has 1 amide bonds. The number of aromatic nitrogens is 1. The van der Waals surface area contributed by atoms with Gasteiger partial charge in [-0.3, -0.25) is 10.3 Å². The van der Waals surface area contributed by atoms with E-state index in [2.05, 4.69) is 43.2 Å². The van der Waals surface area contributed by atoms with Crippen molar-refractivity contribution in [3.8, 4) is 23.0 Å². The molecular weight excluding hydrogens is 480 g/mol. The predicted octanol–water partition coefficient (Wildman–Crippen LogP) is 7.71. The van der Waals surface area contributed by atoms with Crippen molar-refractivity contribution in [2.24, 2.45) is 0 Å². The zero-order valence-corrected chi connectivity index (χ0v) is 23.0. The van der Waals surface area contributed by atoms with Gasteiger partial charge >= 0.3 is 6.09 Å². The number of nitrogens with one attached hydrogen (secondary N) is 1. The van der Waals surface area contributed by atoms with E-state index in [4.69, 9.17) is 18.9 Å². The van der Waals surface area contributed by atoms with E-state index in [1.807, 2.05) is 50.2 Å². The monoisotopic (exact) mass is 514 g/mol. The molecule has 0 radical (unpaired) electrons.